The fraction of sp³-hybridized carbons (Fsp3) is 0.353. The highest BCUT2D eigenvalue weighted by Crippen LogP contribution is 2.28. The van der Waals surface area contributed by atoms with Crippen molar-refractivity contribution in [1.82, 2.24) is 19.7 Å². The van der Waals surface area contributed by atoms with E-state index in [9.17, 15) is 4.79 Å². The highest BCUT2D eigenvalue weighted by molar-refractivity contribution is 5.79. The maximum atomic E-state index is 12.5. The quantitative estimate of drug-likeness (QED) is 0.786. The smallest absolute Gasteiger partial charge is 0.277 e. The van der Waals surface area contributed by atoms with Crippen LogP contribution in [0.4, 0.5) is 0 Å². The Morgan fingerprint density at radius 2 is 2.04 bits per heavy atom. The minimum absolute atomic E-state index is 0.190. The van der Waals surface area contributed by atoms with Crippen LogP contribution in [0.15, 0.2) is 29.1 Å². The molecular weight excluding hydrogens is 292 g/mol. The third-order valence-corrected chi connectivity index (χ3v) is 3.70. The molecule has 0 radical (unpaired) electrons. The minimum Gasteiger partial charge on any atom is -0.493 e. The summed E-state index contributed by atoms with van der Waals surface area (Å²) in [6.07, 6.45) is 1.64. The number of fused-ring (bicyclic) bond motifs is 1. The lowest BCUT2D eigenvalue weighted by Gasteiger charge is -2.10. The average Bonchev–Trinajstić information content (AvgIpc) is 2.89. The standard InChI is InChI=1S/C17H20N4O2/c1-4-10-23-13-9-7-6-8-11(13)16-18-14-12(5-2)20-21(3)15(14)17(22)19-16/h6-9H,4-5,10H2,1-3H3,(H,18,19,22). The van der Waals surface area contributed by atoms with Gasteiger partial charge in [0.15, 0.2) is 5.52 Å². The summed E-state index contributed by atoms with van der Waals surface area (Å²) in [4.78, 5) is 20.0. The first kappa shape index (κ1) is 15.3. The number of hydrogen-bond acceptors (Lipinski definition) is 4. The molecule has 1 aromatic carbocycles. The second-order valence-corrected chi connectivity index (χ2v) is 5.38. The van der Waals surface area contributed by atoms with Crippen LogP contribution in [-0.2, 0) is 13.5 Å². The summed E-state index contributed by atoms with van der Waals surface area (Å²) in [7, 11) is 1.76. The maximum absolute atomic E-state index is 12.5. The molecule has 2 aromatic heterocycles. The lowest BCUT2D eigenvalue weighted by Crippen LogP contribution is -2.12. The third-order valence-electron chi connectivity index (χ3n) is 3.70. The highest BCUT2D eigenvalue weighted by atomic mass is 16.5. The number of aryl methyl sites for hydroxylation is 2. The van der Waals surface area contributed by atoms with Gasteiger partial charge in [-0.05, 0) is 25.0 Å². The van der Waals surface area contributed by atoms with Crippen LogP contribution in [0.2, 0.25) is 0 Å². The molecular formula is C17H20N4O2. The Bertz CT molecular complexity index is 895. The van der Waals surface area contributed by atoms with Crippen molar-refractivity contribution in [2.45, 2.75) is 26.7 Å². The van der Waals surface area contributed by atoms with Crippen LogP contribution in [-0.4, -0.2) is 26.4 Å². The van der Waals surface area contributed by atoms with E-state index in [2.05, 4.69) is 22.0 Å². The molecule has 3 aromatic rings. The molecule has 6 heteroatoms. The van der Waals surface area contributed by atoms with Gasteiger partial charge in [-0.2, -0.15) is 5.10 Å². The van der Waals surface area contributed by atoms with E-state index in [4.69, 9.17) is 4.74 Å². The van der Waals surface area contributed by atoms with Crippen LogP contribution in [0.1, 0.15) is 26.0 Å². The lowest BCUT2D eigenvalue weighted by molar-refractivity contribution is 0.318. The fourth-order valence-corrected chi connectivity index (χ4v) is 2.61. The maximum Gasteiger partial charge on any atom is 0.277 e. The summed E-state index contributed by atoms with van der Waals surface area (Å²) >= 11 is 0. The number of nitrogens with zero attached hydrogens (tertiary/aromatic N) is 3. The largest absolute Gasteiger partial charge is 0.493 e. The van der Waals surface area contributed by atoms with Gasteiger partial charge in [0.1, 0.15) is 17.1 Å². The SMILES string of the molecule is CCCOc1ccccc1-c1nc2c(CC)nn(C)c2c(=O)[nH]1. The van der Waals surface area contributed by atoms with E-state index in [1.165, 1.54) is 0 Å². The van der Waals surface area contributed by atoms with Gasteiger partial charge in [0, 0.05) is 7.05 Å². The van der Waals surface area contributed by atoms with E-state index >= 15 is 0 Å². The Balaban J connectivity index is 2.20. The third kappa shape index (κ3) is 2.72. The van der Waals surface area contributed by atoms with Gasteiger partial charge in [-0.1, -0.05) is 26.0 Å². The number of H-pyrrole nitrogens is 1. The zero-order chi connectivity index (χ0) is 16.4. The highest BCUT2D eigenvalue weighted by Gasteiger charge is 2.16. The normalized spacial score (nSPS) is 11.1. The number of aromatic nitrogens is 4. The molecule has 0 unspecified atom stereocenters. The Labute approximate surface area is 134 Å². The van der Waals surface area contributed by atoms with Gasteiger partial charge in [-0.15, -0.1) is 0 Å². The van der Waals surface area contributed by atoms with Crippen molar-refractivity contribution in [1.29, 1.82) is 0 Å². The summed E-state index contributed by atoms with van der Waals surface area (Å²) in [6.45, 7) is 4.68. The first-order valence-electron chi connectivity index (χ1n) is 7.83. The number of aromatic amines is 1. The van der Waals surface area contributed by atoms with Crippen molar-refractivity contribution in [3.8, 4) is 17.1 Å². The summed E-state index contributed by atoms with van der Waals surface area (Å²) in [5, 5.41) is 4.38. The predicted molar refractivity (Wildman–Crippen MR) is 89.7 cm³/mol. The Morgan fingerprint density at radius 1 is 1.26 bits per heavy atom. The van der Waals surface area contributed by atoms with Gasteiger partial charge in [-0.25, -0.2) is 4.98 Å². The first-order chi connectivity index (χ1) is 11.2. The molecule has 0 bridgehead atoms. The van der Waals surface area contributed by atoms with Crippen molar-refractivity contribution in [2.24, 2.45) is 7.05 Å². The zero-order valence-electron chi connectivity index (χ0n) is 13.6. The average molecular weight is 312 g/mol. The summed E-state index contributed by atoms with van der Waals surface area (Å²) in [5.74, 6) is 1.23. The zero-order valence-corrected chi connectivity index (χ0v) is 13.6. The Morgan fingerprint density at radius 3 is 2.78 bits per heavy atom. The van der Waals surface area contributed by atoms with E-state index in [0.29, 0.717) is 23.5 Å². The topological polar surface area (TPSA) is 72.8 Å². The monoisotopic (exact) mass is 312 g/mol. The number of benzene rings is 1. The van der Waals surface area contributed by atoms with E-state index in [0.717, 1.165) is 29.8 Å². The number of hydrogen-bond donors (Lipinski definition) is 1. The molecule has 0 spiro atoms. The van der Waals surface area contributed by atoms with Crippen molar-refractivity contribution >= 4 is 11.0 Å². The molecule has 0 aliphatic carbocycles. The molecule has 0 saturated heterocycles. The van der Waals surface area contributed by atoms with E-state index in [-0.39, 0.29) is 5.56 Å². The molecule has 0 atom stereocenters. The van der Waals surface area contributed by atoms with Gasteiger partial charge < -0.3 is 9.72 Å². The first-order valence-corrected chi connectivity index (χ1v) is 7.83. The molecule has 0 saturated carbocycles. The number of para-hydroxylation sites is 1. The van der Waals surface area contributed by atoms with Crippen LogP contribution in [0, 0.1) is 0 Å². The van der Waals surface area contributed by atoms with Gasteiger partial charge in [0.05, 0.1) is 17.9 Å². The molecule has 120 valence electrons. The van der Waals surface area contributed by atoms with Crippen molar-refractivity contribution in [3.05, 3.63) is 40.3 Å². The van der Waals surface area contributed by atoms with Gasteiger partial charge >= 0.3 is 0 Å². The van der Waals surface area contributed by atoms with E-state index in [1.807, 2.05) is 31.2 Å². The minimum atomic E-state index is -0.190. The van der Waals surface area contributed by atoms with Crippen LogP contribution in [0.25, 0.3) is 22.4 Å². The molecule has 0 aliphatic rings. The number of nitrogens with one attached hydrogen (secondary N) is 1. The van der Waals surface area contributed by atoms with Gasteiger partial charge in [-0.3, -0.25) is 9.48 Å². The molecule has 6 nitrogen and oxygen atoms in total. The van der Waals surface area contributed by atoms with Gasteiger partial charge in [0.25, 0.3) is 5.56 Å². The summed E-state index contributed by atoms with van der Waals surface area (Å²) in [5.41, 5.74) is 2.56. The Kier molecular flexibility index (Phi) is 4.14. The van der Waals surface area contributed by atoms with Crippen molar-refractivity contribution in [3.63, 3.8) is 0 Å². The number of ether oxygens (including phenoxy) is 1. The molecule has 0 aliphatic heterocycles. The van der Waals surface area contributed by atoms with Crippen LogP contribution in [0.5, 0.6) is 5.75 Å². The predicted octanol–water partition coefficient (Wildman–Crippen LogP) is 2.67. The molecule has 0 fully saturated rings. The summed E-state index contributed by atoms with van der Waals surface area (Å²) in [6, 6.07) is 7.60. The Hall–Kier alpha value is -2.63. The molecule has 3 rings (SSSR count). The molecule has 23 heavy (non-hydrogen) atoms. The van der Waals surface area contributed by atoms with Gasteiger partial charge in [0.2, 0.25) is 0 Å². The lowest BCUT2D eigenvalue weighted by atomic mass is 10.2. The summed E-state index contributed by atoms with van der Waals surface area (Å²) < 4.78 is 7.36. The van der Waals surface area contributed by atoms with Crippen LogP contribution in [0.3, 0.4) is 0 Å². The number of rotatable bonds is 5. The second kappa shape index (κ2) is 6.24. The van der Waals surface area contributed by atoms with E-state index in [1.54, 1.807) is 11.7 Å². The van der Waals surface area contributed by atoms with Crippen molar-refractivity contribution in [2.75, 3.05) is 6.61 Å². The fourth-order valence-electron chi connectivity index (χ4n) is 2.61. The van der Waals surface area contributed by atoms with Crippen LogP contribution < -0.4 is 10.3 Å². The molecule has 2 heterocycles. The van der Waals surface area contributed by atoms with Crippen molar-refractivity contribution < 1.29 is 4.74 Å². The molecule has 1 N–H and O–H groups in total. The van der Waals surface area contributed by atoms with Crippen LogP contribution >= 0.6 is 0 Å². The second-order valence-electron chi connectivity index (χ2n) is 5.38. The van der Waals surface area contributed by atoms with E-state index < -0.39 is 0 Å². The molecule has 0 amide bonds.